The second kappa shape index (κ2) is 5.52. The molecule has 1 amide bonds. The summed E-state index contributed by atoms with van der Waals surface area (Å²) in [5.41, 5.74) is 0.972. The van der Waals surface area contributed by atoms with E-state index in [0.29, 0.717) is 11.1 Å². The molecule has 5 heteroatoms. The summed E-state index contributed by atoms with van der Waals surface area (Å²) in [5, 5.41) is 11.4. The summed E-state index contributed by atoms with van der Waals surface area (Å²) in [5.74, 6) is -1.96. The molecule has 2 N–H and O–H groups in total. The van der Waals surface area contributed by atoms with Crippen LogP contribution in [0.3, 0.4) is 0 Å². The molecule has 2 aromatic carbocycles. The fraction of sp³-hybridized carbons (Fsp3) is 0.0667. The van der Waals surface area contributed by atoms with E-state index in [0.717, 1.165) is 6.07 Å². The van der Waals surface area contributed by atoms with Gasteiger partial charge in [0.25, 0.3) is 5.91 Å². The molecule has 0 saturated heterocycles. The lowest BCUT2D eigenvalue weighted by atomic mass is 10.00. The molecule has 0 aliphatic carbocycles. The van der Waals surface area contributed by atoms with Crippen LogP contribution in [0.25, 0.3) is 11.1 Å². The Balaban J connectivity index is 2.53. The Morgan fingerprint density at radius 3 is 2.50 bits per heavy atom. The second-order valence-electron chi connectivity index (χ2n) is 4.16. The predicted octanol–water partition coefficient (Wildman–Crippen LogP) is 2.55. The molecule has 0 bridgehead atoms. The topological polar surface area (TPSA) is 66.4 Å². The highest BCUT2D eigenvalue weighted by molar-refractivity contribution is 5.95. The number of carboxylic acids is 1. The van der Waals surface area contributed by atoms with E-state index < -0.39 is 11.8 Å². The van der Waals surface area contributed by atoms with Crippen molar-refractivity contribution in [2.45, 2.75) is 0 Å². The van der Waals surface area contributed by atoms with Crippen LogP contribution >= 0.6 is 0 Å². The molecule has 0 unspecified atom stereocenters. The SMILES string of the molecule is CNC(=O)c1cccc(-c2cc(C(=O)O)ccc2F)c1. The quantitative estimate of drug-likeness (QED) is 0.903. The Morgan fingerprint density at radius 2 is 1.85 bits per heavy atom. The standard InChI is InChI=1S/C15H12FNO3/c1-17-14(18)10-4-2-3-9(7-10)12-8-11(15(19)20)5-6-13(12)16/h2-8H,1H3,(H,17,18)(H,19,20). The summed E-state index contributed by atoms with van der Waals surface area (Å²) in [6.07, 6.45) is 0. The van der Waals surface area contributed by atoms with Crippen LogP contribution < -0.4 is 5.32 Å². The summed E-state index contributed by atoms with van der Waals surface area (Å²) in [6, 6.07) is 9.91. The lowest BCUT2D eigenvalue weighted by Crippen LogP contribution is -2.17. The number of carbonyl (C=O) groups is 2. The minimum atomic E-state index is -1.13. The largest absolute Gasteiger partial charge is 0.478 e. The van der Waals surface area contributed by atoms with Gasteiger partial charge >= 0.3 is 5.97 Å². The molecule has 0 saturated carbocycles. The first-order valence-corrected chi connectivity index (χ1v) is 5.88. The molecule has 0 radical (unpaired) electrons. The zero-order valence-corrected chi connectivity index (χ0v) is 10.7. The van der Waals surface area contributed by atoms with Gasteiger partial charge in [-0.3, -0.25) is 4.79 Å². The van der Waals surface area contributed by atoms with Crippen molar-refractivity contribution >= 4 is 11.9 Å². The first-order chi connectivity index (χ1) is 9.52. The molecule has 20 heavy (non-hydrogen) atoms. The summed E-state index contributed by atoms with van der Waals surface area (Å²) >= 11 is 0. The fourth-order valence-corrected chi connectivity index (χ4v) is 1.85. The van der Waals surface area contributed by atoms with Crippen LogP contribution in [-0.2, 0) is 0 Å². The number of hydrogen-bond acceptors (Lipinski definition) is 2. The molecule has 102 valence electrons. The molecule has 0 spiro atoms. The molecule has 0 aliphatic heterocycles. The highest BCUT2D eigenvalue weighted by atomic mass is 19.1. The Hall–Kier alpha value is -2.69. The van der Waals surface area contributed by atoms with Crippen molar-refractivity contribution in [3.05, 3.63) is 59.4 Å². The van der Waals surface area contributed by atoms with E-state index in [1.165, 1.54) is 25.2 Å². The van der Waals surface area contributed by atoms with E-state index in [-0.39, 0.29) is 17.0 Å². The van der Waals surface area contributed by atoms with E-state index in [4.69, 9.17) is 5.11 Å². The molecular weight excluding hydrogens is 261 g/mol. The van der Waals surface area contributed by atoms with Crippen LogP contribution in [0.15, 0.2) is 42.5 Å². The lowest BCUT2D eigenvalue weighted by Gasteiger charge is -2.07. The number of halogens is 1. The van der Waals surface area contributed by atoms with Crippen LogP contribution in [-0.4, -0.2) is 24.0 Å². The number of amides is 1. The number of hydrogen-bond donors (Lipinski definition) is 2. The van der Waals surface area contributed by atoms with E-state index in [1.54, 1.807) is 18.2 Å². The van der Waals surface area contributed by atoms with Gasteiger partial charge < -0.3 is 10.4 Å². The molecule has 0 heterocycles. The van der Waals surface area contributed by atoms with E-state index in [9.17, 15) is 14.0 Å². The Labute approximate surface area is 114 Å². The van der Waals surface area contributed by atoms with Gasteiger partial charge in [0, 0.05) is 18.2 Å². The fourth-order valence-electron chi connectivity index (χ4n) is 1.85. The average Bonchev–Trinajstić information content (AvgIpc) is 2.46. The zero-order chi connectivity index (χ0) is 14.7. The number of nitrogens with one attached hydrogen (secondary N) is 1. The minimum absolute atomic E-state index is 0.00764. The number of carboxylic acid groups (broad SMARTS) is 1. The maximum atomic E-state index is 13.8. The Bertz CT molecular complexity index is 683. The lowest BCUT2D eigenvalue weighted by molar-refractivity contribution is 0.0696. The molecule has 2 rings (SSSR count). The molecule has 0 fully saturated rings. The first-order valence-electron chi connectivity index (χ1n) is 5.88. The van der Waals surface area contributed by atoms with Crippen LogP contribution in [0.5, 0.6) is 0 Å². The summed E-state index contributed by atoms with van der Waals surface area (Å²) in [7, 11) is 1.50. The van der Waals surface area contributed by atoms with Gasteiger partial charge in [-0.15, -0.1) is 0 Å². The van der Waals surface area contributed by atoms with Gasteiger partial charge in [0.05, 0.1) is 5.56 Å². The maximum Gasteiger partial charge on any atom is 0.335 e. The third kappa shape index (κ3) is 2.66. The molecule has 0 aromatic heterocycles. The van der Waals surface area contributed by atoms with Crippen LogP contribution in [0.2, 0.25) is 0 Å². The number of carbonyl (C=O) groups excluding carboxylic acids is 1. The molecule has 0 aliphatic rings. The van der Waals surface area contributed by atoms with Gasteiger partial charge in [0.15, 0.2) is 0 Å². The minimum Gasteiger partial charge on any atom is -0.478 e. The van der Waals surface area contributed by atoms with Crippen molar-refractivity contribution in [3.8, 4) is 11.1 Å². The highest BCUT2D eigenvalue weighted by Crippen LogP contribution is 2.25. The molecule has 2 aromatic rings. The maximum absolute atomic E-state index is 13.8. The summed E-state index contributed by atoms with van der Waals surface area (Å²) < 4.78 is 13.8. The Kier molecular flexibility index (Phi) is 3.79. The van der Waals surface area contributed by atoms with E-state index >= 15 is 0 Å². The molecule has 0 atom stereocenters. The molecule has 4 nitrogen and oxygen atoms in total. The third-order valence-corrected chi connectivity index (χ3v) is 2.88. The average molecular weight is 273 g/mol. The van der Waals surface area contributed by atoms with Crippen LogP contribution in [0, 0.1) is 5.82 Å². The first kappa shape index (κ1) is 13.7. The monoisotopic (exact) mass is 273 g/mol. The normalized spacial score (nSPS) is 10.1. The van der Waals surface area contributed by atoms with Crippen molar-refractivity contribution in [2.24, 2.45) is 0 Å². The Morgan fingerprint density at radius 1 is 1.10 bits per heavy atom. The number of benzene rings is 2. The van der Waals surface area contributed by atoms with Gasteiger partial charge in [-0.25, -0.2) is 9.18 Å². The third-order valence-electron chi connectivity index (χ3n) is 2.88. The smallest absolute Gasteiger partial charge is 0.335 e. The van der Waals surface area contributed by atoms with Gasteiger partial charge in [-0.05, 0) is 35.9 Å². The van der Waals surface area contributed by atoms with Crippen molar-refractivity contribution in [3.63, 3.8) is 0 Å². The highest BCUT2D eigenvalue weighted by Gasteiger charge is 2.12. The van der Waals surface area contributed by atoms with Crippen molar-refractivity contribution in [1.29, 1.82) is 0 Å². The van der Waals surface area contributed by atoms with Gasteiger partial charge in [-0.2, -0.15) is 0 Å². The van der Waals surface area contributed by atoms with Crippen LogP contribution in [0.4, 0.5) is 4.39 Å². The van der Waals surface area contributed by atoms with Gasteiger partial charge in [-0.1, -0.05) is 12.1 Å². The van der Waals surface area contributed by atoms with Crippen LogP contribution in [0.1, 0.15) is 20.7 Å². The molecular formula is C15H12FNO3. The van der Waals surface area contributed by atoms with Gasteiger partial charge in [0.1, 0.15) is 5.82 Å². The van der Waals surface area contributed by atoms with E-state index in [1.807, 2.05) is 0 Å². The second-order valence-corrected chi connectivity index (χ2v) is 4.16. The number of rotatable bonds is 3. The summed E-state index contributed by atoms with van der Waals surface area (Å²) in [6.45, 7) is 0. The van der Waals surface area contributed by atoms with Crippen molar-refractivity contribution in [1.82, 2.24) is 5.32 Å². The van der Waals surface area contributed by atoms with Crippen molar-refractivity contribution in [2.75, 3.05) is 7.05 Å². The predicted molar refractivity (Wildman–Crippen MR) is 72.2 cm³/mol. The number of aromatic carboxylic acids is 1. The summed E-state index contributed by atoms with van der Waals surface area (Å²) in [4.78, 5) is 22.5. The zero-order valence-electron chi connectivity index (χ0n) is 10.7. The van der Waals surface area contributed by atoms with E-state index in [2.05, 4.69) is 5.32 Å². The van der Waals surface area contributed by atoms with Crippen molar-refractivity contribution < 1.29 is 19.1 Å². The van der Waals surface area contributed by atoms with Gasteiger partial charge in [0.2, 0.25) is 0 Å².